The first-order valence-corrected chi connectivity index (χ1v) is 7.44. The van der Waals surface area contributed by atoms with E-state index in [4.69, 9.17) is 5.73 Å². The van der Waals surface area contributed by atoms with Gasteiger partial charge in [0.15, 0.2) is 5.13 Å². The van der Waals surface area contributed by atoms with Crippen LogP contribution in [0, 0.1) is 0 Å². The third-order valence-corrected chi connectivity index (χ3v) is 3.92. The summed E-state index contributed by atoms with van der Waals surface area (Å²) in [5.41, 5.74) is 7.23. The van der Waals surface area contributed by atoms with Crippen LogP contribution in [-0.4, -0.2) is 23.3 Å². The molecule has 0 aliphatic carbocycles. The molecule has 2 aromatic rings. The van der Waals surface area contributed by atoms with Crippen LogP contribution in [0.4, 0.5) is 16.5 Å². The Bertz CT molecular complexity index is 698. The fraction of sp³-hybridized carbons (Fsp3) is 0.214. The molecular formula is C14H14N4O2S. The SMILES string of the molecule is Nc1nc(C(=O)Nc2cccc(N3CCCC3=O)c2)cs1. The van der Waals surface area contributed by atoms with Crippen molar-refractivity contribution in [3.63, 3.8) is 0 Å². The van der Waals surface area contributed by atoms with Gasteiger partial charge in [-0.1, -0.05) is 6.07 Å². The van der Waals surface area contributed by atoms with E-state index in [0.717, 1.165) is 18.7 Å². The van der Waals surface area contributed by atoms with Crippen molar-refractivity contribution in [1.29, 1.82) is 0 Å². The number of hydrogen-bond acceptors (Lipinski definition) is 5. The number of thiazole rings is 1. The Morgan fingerprint density at radius 3 is 2.95 bits per heavy atom. The van der Waals surface area contributed by atoms with Crippen LogP contribution in [0.2, 0.25) is 0 Å². The van der Waals surface area contributed by atoms with Crippen molar-refractivity contribution < 1.29 is 9.59 Å². The normalized spacial score (nSPS) is 14.5. The van der Waals surface area contributed by atoms with E-state index in [0.29, 0.717) is 22.9 Å². The number of rotatable bonds is 3. The lowest BCUT2D eigenvalue weighted by atomic mass is 10.2. The summed E-state index contributed by atoms with van der Waals surface area (Å²) in [6.45, 7) is 0.721. The number of hydrogen-bond donors (Lipinski definition) is 2. The zero-order valence-electron chi connectivity index (χ0n) is 11.2. The minimum Gasteiger partial charge on any atom is -0.375 e. The Morgan fingerprint density at radius 2 is 2.29 bits per heavy atom. The van der Waals surface area contributed by atoms with Gasteiger partial charge in [-0.3, -0.25) is 9.59 Å². The lowest BCUT2D eigenvalue weighted by Gasteiger charge is -2.16. The number of amides is 2. The predicted octanol–water partition coefficient (Wildman–Crippen LogP) is 2.10. The molecule has 2 amide bonds. The number of aromatic nitrogens is 1. The molecule has 108 valence electrons. The number of nitrogens with two attached hydrogens (primary N) is 1. The zero-order chi connectivity index (χ0) is 14.8. The largest absolute Gasteiger partial charge is 0.375 e. The van der Waals surface area contributed by atoms with E-state index in [1.807, 2.05) is 12.1 Å². The maximum atomic E-state index is 12.0. The van der Waals surface area contributed by atoms with Gasteiger partial charge in [0, 0.05) is 29.7 Å². The van der Waals surface area contributed by atoms with Gasteiger partial charge in [0.1, 0.15) is 5.69 Å². The smallest absolute Gasteiger partial charge is 0.275 e. The molecule has 1 fully saturated rings. The van der Waals surface area contributed by atoms with Crippen molar-refractivity contribution in [1.82, 2.24) is 4.98 Å². The minimum absolute atomic E-state index is 0.116. The first-order valence-electron chi connectivity index (χ1n) is 6.56. The van der Waals surface area contributed by atoms with Crippen LogP contribution in [0.25, 0.3) is 0 Å². The van der Waals surface area contributed by atoms with Gasteiger partial charge in [-0.15, -0.1) is 11.3 Å². The maximum absolute atomic E-state index is 12.0. The molecule has 0 unspecified atom stereocenters. The molecule has 21 heavy (non-hydrogen) atoms. The van der Waals surface area contributed by atoms with E-state index < -0.39 is 0 Å². The Labute approximate surface area is 125 Å². The van der Waals surface area contributed by atoms with Crippen LogP contribution in [-0.2, 0) is 4.79 Å². The number of anilines is 3. The highest BCUT2D eigenvalue weighted by Gasteiger charge is 2.21. The highest BCUT2D eigenvalue weighted by Crippen LogP contribution is 2.24. The Morgan fingerprint density at radius 1 is 1.43 bits per heavy atom. The van der Waals surface area contributed by atoms with Crippen molar-refractivity contribution in [2.45, 2.75) is 12.8 Å². The molecule has 1 aromatic heterocycles. The van der Waals surface area contributed by atoms with Gasteiger partial charge in [0.2, 0.25) is 5.91 Å². The second-order valence-corrected chi connectivity index (χ2v) is 5.61. The van der Waals surface area contributed by atoms with Gasteiger partial charge >= 0.3 is 0 Å². The molecule has 0 bridgehead atoms. The molecule has 3 rings (SSSR count). The zero-order valence-corrected chi connectivity index (χ0v) is 12.0. The van der Waals surface area contributed by atoms with Crippen LogP contribution in [0.15, 0.2) is 29.6 Å². The van der Waals surface area contributed by atoms with Crippen molar-refractivity contribution in [3.05, 3.63) is 35.3 Å². The number of nitrogen functional groups attached to an aromatic ring is 1. The highest BCUT2D eigenvalue weighted by atomic mass is 32.1. The molecule has 1 saturated heterocycles. The molecule has 0 radical (unpaired) electrons. The van der Waals surface area contributed by atoms with Gasteiger partial charge in [-0.2, -0.15) is 0 Å². The molecule has 2 heterocycles. The van der Waals surface area contributed by atoms with Crippen LogP contribution in [0.5, 0.6) is 0 Å². The van der Waals surface area contributed by atoms with Gasteiger partial charge in [0.05, 0.1) is 0 Å². The summed E-state index contributed by atoms with van der Waals surface area (Å²) in [4.78, 5) is 29.4. The average molecular weight is 302 g/mol. The van der Waals surface area contributed by atoms with Crippen molar-refractivity contribution in [3.8, 4) is 0 Å². The molecule has 6 nitrogen and oxygen atoms in total. The second-order valence-electron chi connectivity index (χ2n) is 4.72. The third kappa shape index (κ3) is 2.87. The minimum atomic E-state index is -0.312. The quantitative estimate of drug-likeness (QED) is 0.908. The fourth-order valence-corrected chi connectivity index (χ4v) is 2.80. The van der Waals surface area contributed by atoms with Crippen molar-refractivity contribution in [2.75, 3.05) is 22.5 Å². The van der Waals surface area contributed by atoms with Gasteiger partial charge in [0.25, 0.3) is 5.91 Å². The molecule has 1 aliphatic heterocycles. The number of carbonyl (C=O) groups excluding carboxylic acids is 2. The number of nitrogens with one attached hydrogen (secondary N) is 1. The second kappa shape index (κ2) is 5.53. The predicted molar refractivity (Wildman–Crippen MR) is 82.5 cm³/mol. The maximum Gasteiger partial charge on any atom is 0.275 e. The van der Waals surface area contributed by atoms with Crippen LogP contribution in [0.1, 0.15) is 23.3 Å². The fourth-order valence-electron chi connectivity index (χ4n) is 2.26. The molecule has 0 saturated carbocycles. The van der Waals surface area contributed by atoms with Gasteiger partial charge in [-0.25, -0.2) is 4.98 Å². The van der Waals surface area contributed by atoms with E-state index in [1.54, 1.807) is 22.4 Å². The summed E-state index contributed by atoms with van der Waals surface area (Å²) in [6.07, 6.45) is 1.45. The molecular weight excluding hydrogens is 288 g/mol. The van der Waals surface area contributed by atoms with E-state index in [9.17, 15) is 9.59 Å². The van der Waals surface area contributed by atoms with E-state index >= 15 is 0 Å². The van der Waals surface area contributed by atoms with Gasteiger partial charge < -0.3 is 16.0 Å². The summed E-state index contributed by atoms with van der Waals surface area (Å²) >= 11 is 1.22. The summed E-state index contributed by atoms with van der Waals surface area (Å²) in [6, 6.07) is 7.24. The molecule has 0 spiro atoms. The lowest BCUT2D eigenvalue weighted by Crippen LogP contribution is -2.23. The third-order valence-electron chi connectivity index (χ3n) is 3.24. The van der Waals surface area contributed by atoms with E-state index in [2.05, 4.69) is 10.3 Å². The summed E-state index contributed by atoms with van der Waals surface area (Å²) in [5, 5.41) is 4.73. The Balaban J connectivity index is 1.77. The molecule has 1 aromatic carbocycles. The number of carbonyl (C=O) groups is 2. The molecule has 7 heteroatoms. The molecule has 0 atom stereocenters. The van der Waals surface area contributed by atoms with Crippen molar-refractivity contribution >= 4 is 39.7 Å². The van der Waals surface area contributed by atoms with Crippen molar-refractivity contribution in [2.24, 2.45) is 0 Å². The monoisotopic (exact) mass is 302 g/mol. The Hall–Kier alpha value is -2.41. The van der Waals surface area contributed by atoms with Crippen LogP contribution < -0.4 is 16.0 Å². The van der Waals surface area contributed by atoms with Gasteiger partial charge in [-0.05, 0) is 24.6 Å². The molecule has 3 N–H and O–H groups in total. The first kappa shape index (κ1) is 13.6. The summed E-state index contributed by atoms with van der Waals surface area (Å²) in [7, 11) is 0. The lowest BCUT2D eigenvalue weighted by molar-refractivity contribution is -0.117. The van der Waals surface area contributed by atoms with Crippen LogP contribution in [0.3, 0.4) is 0 Å². The Kier molecular flexibility index (Phi) is 3.57. The van der Waals surface area contributed by atoms with E-state index in [1.165, 1.54) is 11.3 Å². The molecule has 1 aliphatic rings. The average Bonchev–Trinajstić information content (AvgIpc) is 3.08. The number of nitrogens with zero attached hydrogens (tertiary/aromatic N) is 2. The number of benzene rings is 1. The first-order chi connectivity index (χ1) is 10.1. The van der Waals surface area contributed by atoms with E-state index in [-0.39, 0.29) is 11.8 Å². The standard InChI is InChI=1S/C14H14N4O2S/c15-14-17-11(8-21-14)13(20)16-9-3-1-4-10(7-9)18-6-2-5-12(18)19/h1,3-4,7-8H,2,5-6H2,(H2,15,17)(H,16,20). The highest BCUT2D eigenvalue weighted by molar-refractivity contribution is 7.13. The summed E-state index contributed by atoms with van der Waals surface area (Å²) < 4.78 is 0. The van der Waals surface area contributed by atoms with Crippen LogP contribution >= 0.6 is 11.3 Å². The topological polar surface area (TPSA) is 88.3 Å². The summed E-state index contributed by atoms with van der Waals surface area (Å²) in [5.74, 6) is -0.196.